The van der Waals surface area contributed by atoms with Gasteiger partial charge in [-0.2, -0.15) is 0 Å². The molecule has 0 amide bonds. The molecule has 0 N–H and O–H groups in total. The van der Waals surface area contributed by atoms with Crippen molar-refractivity contribution in [1.29, 1.82) is 0 Å². The van der Waals surface area contributed by atoms with Crippen molar-refractivity contribution in [3.63, 3.8) is 0 Å². The summed E-state index contributed by atoms with van der Waals surface area (Å²) in [5, 5.41) is 0. The molecule has 0 atom stereocenters. The van der Waals surface area contributed by atoms with E-state index in [4.69, 9.17) is 0 Å². The van der Waals surface area contributed by atoms with Crippen molar-refractivity contribution in [2.45, 2.75) is 45.1 Å². The molecule has 0 fully saturated rings. The van der Waals surface area contributed by atoms with Crippen LogP contribution in [-0.4, -0.2) is 6.21 Å². The van der Waals surface area contributed by atoms with Gasteiger partial charge in [0.15, 0.2) is 0 Å². The zero-order valence-electron chi connectivity index (χ0n) is 12.1. The van der Waals surface area contributed by atoms with Crippen LogP contribution < -0.4 is 0 Å². The van der Waals surface area contributed by atoms with Crippen LogP contribution in [-0.2, 0) is 6.54 Å². The summed E-state index contributed by atoms with van der Waals surface area (Å²) in [5.74, 6) is 0. The topological polar surface area (TPSA) is 12.4 Å². The van der Waals surface area contributed by atoms with E-state index in [1.54, 1.807) is 0 Å². The van der Waals surface area contributed by atoms with E-state index in [0.717, 1.165) is 19.4 Å². The highest BCUT2D eigenvalue weighted by molar-refractivity contribution is 5.57. The fourth-order valence-electron chi connectivity index (χ4n) is 2.25. The summed E-state index contributed by atoms with van der Waals surface area (Å²) in [4.78, 5) is 4.43. The van der Waals surface area contributed by atoms with Crippen LogP contribution in [0.4, 0.5) is 0 Å². The van der Waals surface area contributed by atoms with Gasteiger partial charge in [0.05, 0.1) is 6.54 Å². The van der Waals surface area contributed by atoms with Crippen LogP contribution in [0.3, 0.4) is 0 Å². The third-order valence-corrected chi connectivity index (χ3v) is 3.40. The summed E-state index contributed by atoms with van der Waals surface area (Å²) in [6.07, 6.45) is 15.8. The first-order valence-corrected chi connectivity index (χ1v) is 7.57. The molecule has 104 valence electrons. The second-order valence-corrected chi connectivity index (χ2v) is 5.13. The summed E-state index contributed by atoms with van der Waals surface area (Å²) < 4.78 is 0. The van der Waals surface area contributed by atoms with Crippen LogP contribution in [0, 0.1) is 0 Å². The lowest BCUT2D eigenvalue weighted by molar-refractivity contribution is 0.712. The molecule has 0 aromatic heterocycles. The number of nitrogens with zero attached hydrogens (tertiary/aromatic N) is 1. The summed E-state index contributed by atoms with van der Waals surface area (Å²) in [6, 6.07) is 10.4. The van der Waals surface area contributed by atoms with Gasteiger partial charge >= 0.3 is 0 Å². The molecule has 0 spiro atoms. The molecule has 0 saturated carbocycles. The van der Waals surface area contributed by atoms with E-state index in [2.05, 4.69) is 53.2 Å². The molecule has 0 radical (unpaired) electrons. The SMILES string of the molecule is C(=CCCC=NCc1ccccc1)=CC1=CCCCC1. The average molecular weight is 265 g/mol. The van der Waals surface area contributed by atoms with E-state index in [1.165, 1.54) is 36.8 Å². The lowest BCUT2D eigenvalue weighted by Gasteiger charge is -2.06. The Morgan fingerprint density at radius 1 is 1.10 bits per heavy atom. The molecule has 0 saturated heterocycles. The molecule has 1 aliphatic carbocycles. The summed E-state index contributed by atoms with van der Waals surface area (Å²) in [6.45, 7) is 0.785. The van der Waals surface area contributed by atoms with Gasteiger partial charge in [0.25, 0.3) is 0 Å². The van der Waals surface area contributed by atoms with Gasteiger partial charge in [-0.05, 0) is 68.0 Å². The van der Waals surface area contributed by atoms with Gasteiger partial charge in [-0.25, -0.2) is 0 Å². The quantitative estimate of drug-likeness (QED) is 0.378. The van der Waals surface area contributed by atoms with E-state index in [1.807, 2.05) is 12.3 Å². The second-order valence-electron chi connectivity index (χ2n) is 5.13. The third kappa shape index (κ3) is 5.86. The zero-order chi connectivity index (χ0) is 13.9. The highest BCUT2D eigenvalue weighted by Crippen LogP contribution is 2.17. The smallest absolute Gasteiger partial charge is 0.0635 e. The molecule has 1 aromatic rings. The molecular weight excluding hydrogens is 242 g/mol. The molecule has 0 heterocycles. The van der Waals surface area contributed by atoms with Crippen molar-refractivity contribution in [3.8, 4) is 0 Å². The van der Waals surface area contributed by atoms with Gasteiger partial charge in [0.2, 0.25) is 0 Å². The predicted octanol–water partition coefficient (Wildman–Crippen LogP) is 5.25. The molecule has 1 aromatic carbocycles. The summed E-state index contributed by atoms with van der Waals surface area (Å²) in [5.41, 5.74) is 6.00. The molecular formula is C19H23N. The maximum Gasteiger partial charge on any atom is 0.0635 e. The molecule has 0 aliphatic heterocycles. The first-order chi connectivity index (χ1) is 9.95. The van der Waals surface area contributed by atoms with E-state index in [9.17, 15) is 0 Å². The van der Waals surface area contributed by atoms with Gasteiger partial charge in [-0.15, -0.1) is 5.73 Å². The Morgan fingerprint density at radius 2 is 2.00 bits per heavy atom. The van der Waals surface area contributed by atoms with Crippen LogP contribution in [0.15, 0.2) is 64.9 Å². The fraction of sp³-hybridized carbons (Fsp3) is 0.368. The average Bonchev–Trinajstić information content (AvgIpc) is 2.52. The van der Waals surface area contributed by atoms with Crippen molar-refractivity contribution >= 4 is 6.21 Å². The van der Waals surface area contributed by atoms with Crippen molar-refractivity contribution in [2.75, 3.05) is 0 Å². The lowest BCUT2D eigenvalue weighted by atomic mass is 10.00. The van der Waals surface area contributed by atoms with Gasteiger partial charge in [-0.3, -0.25) is 4.99 Å². The normalized spacial score (nSPS) is 14.7. The highest BCUT2D eigenvalue weighted by atomic mass is 14.7. The van der Waals surface area contributed by atoms with Crippen LogP contribution >= 0.6 is 0 Å². The monoisotopic (exact) mass is 265 g/mol. The number of hydrogen-bond acceptors (Lipinski definition) is 1. The standard InChI is InChI=1S/C19H23N/c1(5-11-18-12-6-3-7-13-18)2-10-16-20-17-19-14-8-4-9-15-19/h1,4,8-9,11-12,14-16H,2-3,6-7,10,13,17H2. The van der Waals surface area contributed by atoms with Crippen LogP contribution in [0.5, 0.6) is 0 Å². The van der Waals surface area contributed by atoms with Crippen molar-refractivity contribution in [2.24, 2.45) is 4.99 Å². The van der Waals surface area contributed by atoms with Gasteiger partial charge in [-0.1, -0.05) is 36.4 Å². The fourth-order valence-corrected chi connectivity index (χ4v) is 2.25. The van der Waals surface area contributed by atoms with E-state index < -0.39 is 0 Å². The highest BCUT2D eigenvalue weighted by Gasteiger charge is 1.98. The first-order valence-electron chi connectivity index (χ1n) is 7.57. The maximum absolute atomic E-state index is 4.43. The lowest BCUT2D eigenvalue weighted by Crippen LogP contribution is -1.87. The minimum absolute atomic E-state index is 0.785. The molecule has 1 aliphatic rings. The van der Waals surface area contributed by atoms with Crippen molar-refractivity contribution in [1.82, 2.24) is 0 Å². The Bertz CT molecular complexity index is 502. The van der Waals surface area contributed by atoms with Crippen LogP contribution in [0.25, 0.3) is 0 Å². The minimum Gasteiger partial charge on any atom is -0.293 e. The van der Waals surface area contributed by atoms with E-state index in [0.29, 0.717) is 0 Å². The van der Waals surface area contributed by atoms with Crippen LogP contribution in [0.1, 0.15) is 44.1 Å². The maximum atomic E-state index is 4.43. The molecule has 1 heteroatoms. The van der Waals surface area contributed by atoms with E-state index >= 15 is 0 Å². The Hall–Kier alpha value is -1.85. The van der Waals surface area contributed by atoms with Crippen molar-refractivity contribution < 1.29 is 0 Å². The van der Waals surface area contributed by atoms with Gasteiger partial charge < -0.3 is 0 Å². The molecule has 2 rings (SSSR count). The molecule has 0 unspecified atom stereocenters. The zero-order valence-corrected chi connectivity index (χ0v) is 12.1. The number of hydrogen-bond donors (Lipinski definition) is 0. The Kier molecular flexibility index (Phi) is 6.64. The minimum atomic E-state index is 0.785. The summed E-state index contributed by atoms with van der Waals surface area (Å²) in [7, 11) is 0. The second kappa shape index (κ2) is 9.12. The predicted molar refractivity (Wildman–Crippen MR) is 87.1 cm³/mol. The summed E-state index contributed by atoms with van der Waals surface area (Å²) >= 11 is 0. The van der Waals surface area contributed by atoms with E-state index in [-0.39, 0.29) is 0 Å². The first kappa shape index (κ1) is 14.6. The Labute approximate surface area is 122 Å². The Morgan fingerprint density at radius 3 is 2.80 bits per heavy atom. The molecule has 20 heavy (non-hydrogen) atoms. The molecule has 1 nitrogen and oxygen atoms in total. The van der Waals surface area contributed by atoms with Crippen molar-refractivity contribution in [3.05, 3.63) is 65.4 Å². The number of benzene rings is 1. The van der Waals surface area contributed by atoms with Crippen LogP contribution in [0.2, 0.25) is 0 Å². The van der Waals surface area contributed by atoms with Gasteiger partial charge in [0, 0.05) is 0 Å². The Balaban J connectivity index is 1.63. The largest absolute Gasteiger partial charge is 0.293 e. The number of allylic oxidation sites excluding steroid dienone is 3. The number of unbranched alkanes of at least 4 members (excludes halogenated alkanes) is 1. The number of aliphatic imine (C=N–C) groups is 1. The molecule has 0 bridgehead atoms. The third-order valence-electron chi connectivity index (χ3n) is 3.40. The van der Waals surface area contributed by atoms with Gasteiger partial charge in [0.1, 0.15) is 0 Å². The number of rotatable bonds is 6.